The van der Waals surface area contributed by atoms with Crippen LogP contribution in [-0.4, -0.2) is 35.5 Å². The van der Waals surface area contributed by atoms with E-state index in [9.17, 15) is 9.59 Å². The molecule has 0 aliphatic rings. The number of carbonyl (C=O) groups is 2. The predicted octanol–water partition coefficient (Wildman–Crippen LogP) is 0.106. The van der Waals surface area contributed by atoms with Crippen LogP contribution in [0.5, 0.6) is 0 Å². The molecule has 0 aliphatic heterocycles. The number of amides is 1. The minimum atomic E-state index is -1.11. The fourth-order valence-electron chi connectivity index (χ4n) is 0.426. The van der Waals surface area contributed by atoms with Crippen LogP contribution in [0.25, 0.3) is 0 Å². The zero-order chi connectivity index (χ0) is 8.85. The Labute approximate surface area is 65.1 Å². The molecule has 0 atom stereocenters. The zero-order valence-corrected chi connectivity index (χ0v) is 6.57. The average Bonchev–Trinajstić information content (AvgIpc) is 1.98. The lowest BCUT2D eigenvalue weighted by atomic mass is 10.4. The first-order valence-corrected chi connectivity index (χ1v) is 3.24. The maximum absolute atomic E-state index is 10.9. The number of hydrogen-bond donors (Lipinski definition) is 1. The van der Waals surface area contributed by atoms with E-state index in [0.717, 1.165) is 12.2 Å². The van der Waals surface area contributed by atoms with Crippen molar-refractivity contribution in [3.05, 3.63) is 12.2 Å². The molecule has 0 heterocycles. The first kappa shape index (κ1) is 9.68. The predicted molar refractivity (Wildman–Crippen MR) is 40.1 cm³/mol. The lowest BCUT2D eigenvalue weighted by Gasteiger charge is -2.10. The lowest BCUT2D eigenvalue weighted by Crippen LogP contribution is -2.24. The molecule has 0 saturated heterocycles. The van der Waals surface area contributed by atoms with Crippen LogP contribution in [0.4, 0.5) is 0 Å². The van der Waals surface area contributed by atoms with Crippen LogP contribution in [0.2, 0.25) is 0 Å². The highest BCUT2D eigenvalue weighted by atomic mass is 16.4. The Balaban J connectivity index is 3.96. The van der Waals surface area contributed by atoms with Crippen molar-refractivity contribution >= 4 is 11.9 Å². The minimum Gasteiger partial charge on any atom is -0.478 e. The van der Waals surface area contributed by atoms with Gasteiger partial charge in [-0.2, -0.15) is 0 Å². The van der Waals surface area contributed by atoms with E-state index in [1.54, 1.807) is 7.05 Å². The number of likely N-dealkylation sites (N-methyl/N-ethyl adjacent to an activating group) is 1. The molecule has 1 amide bonds. The Kier molecular flexibility index (Phi) is 3.95. The van der Waals surface area contributed by atoms with Gasteiger partial charge in [-0.25, -0.2) is 4.79 Å². The van der Waals surface area contributed by atoms with E-state index in [2.05, 4.69) is 0 Å². The molecule has 11 heavy (non-hydrogen) atoms. The fraction of sp³-hybridized carbons (Fsp3) is 0.429. The van der Waals surface area contributed by atoms with E-state index in [1.807, 2.05) is 6.92 Å². The van der Waals surface area contributed by atoms with Crippen molar-refractivity contribution in [2.75, 3.05) is 13.6 Å². The molecule has 0 aromatic carbocycles. The highest BCUT2D eigenvalue weighted by Crippen LogP contribution is 1.85. The van der Waals surface area contributed by atoms with Crippen LogP contribution >= 0.6 is 0 Å². The van der Waals surface area contributed by atoms with Gasteiger partial charge in [0, 0.05) is 25.7 Å². The third kappa shape index (κ3) is 4.13. The van der Waals surface area contributed by atoms with Gasteiger partial charge >= 0.3 is 5.97 Å². The summed E-state index contributed by atoms with van der Waals surface area (Å²) in [6.07, 6.45) is 1.86. The SMILES string of the molecule is CCN(C)C(=O)C=CC(=O)O. The molecule has 0 radical (unpaired) electrons. The summed E-state index contributed by atoms with van der Waals surface area (Å²) in [4.78, 5) is 22.2. The van der Waals surface area contributed by atoms with Gasteiger partial charge in [0.1, 0.15) is 0 Å². The normalized spacial score (nSPS) is 10.0. The standard InChI is InChI=1S/C7H11NO3/c1-3-8(2)6(9)4-5-7(10)11/h4-5H,3H2,1-2H3,(H,10,11). The van der Waals surface area contributed by atoms with Crippen LogP contribution in [0.1, 0.15) is 6.92 Å². The topological polar surface area (TPSA) is 57.6 Å². The van der Waals surface area contributed by atoms with Crippen molar-refractivity contribution in [1.29, 1.82) is 0 Å². The van der Waals surface area contributed by atoms with Crippen LogP contribution in [0.3, 0.4) is 0 Å². The van der Waals surface area contributed by atoms with E-state index in [0.29, 0.717) is 6.54 Å². The number of carboxylic acid groups (broad SMARTS) is 1. The maximum atomic E-state index is 10.9. The van der Waals surface area contributed by atoms with Gasteiger partial charge in [-0.1, -0.05) is 0 Å². The molecule has 0 aromatic rings. The number of carbonyl (C=O) groups excluding carboxylic acids is 1. The van der Waals surface area contributed by atoms with Crippen molar-refractivity contribution in [2.45, 2.75) is 6.92 Å². The van der Waals surface area contributed by atoms with E-state index in [1.165, 1.54) is 4.90 Å². The van der Waals surface area contributed by atoms with Crippen LogP contribution in [0.15, 0.2) is 12.2 Å². The molecule has 0 saturated carbocycles. The summed E-state index contributed by atoms with van der Waals surface area (Å²) in [5.41, 5.74) is 0. The van der Waals surface area contributed by atoms with Gasteiger partial charge in [-0.05, 0) is 6.92 Å². The Morgan fingerprint density at radius 2 is 2.00 bits per heavy atom. The molecule has 62 valence electrons. The summed E-state index contributed by atoms with van der Waals surface area (Å²) in [5, 5.41) is 8.16. The van der Waals surface area contributed by atoms with Gasteiger partial charge in [0.25, 0.3) is 0 Å². The molecule has 1 N–H and O–H groups in total. The Morgan fingerprint density at radius 3 is 2.36 bits per heavy atom. The van der Waals surface area contributed by atoms with Gasteiger partial charge < -0.3 is 10.0 Å². The molecular formula is C7H11NO3. The summed E-state index contributed by atoms with van der Waals surface area (Å²) in [5.74, 6) is -1.40. The number of carboxylic acids is 1. The second-order valence-corrected chi connectivity index (χ2v) is 2.02. The van der Waals surface area contributed by atoms with E-state index in [4.69, 9.17) is 5.11 Å². The van der Waals surface area contributed by atoms with Gasteiger partial charge in [0.15, 0.2) is 0 Å². The van der Waals surface area contributed by atoms with Crippen LogP contribution < -0.4 is 0 Å². The second-order valence-electron chi connectivity index (χ2n) is 2.02. The van der Waals surface area contributed by atoms with Gasteiger partial charge in [0.2, 0.25) is 5.91 Å². The number of aliphatic carboxylic acids is 1. The summed E-state index contributed by atoms with van der Waals surface area (Å²) >= 11 is 0. The van der Waals surface area contributed by atoms with Crippen molar-refractivity contribution in [2.24, 2.45) is 0 Å². The second kappa shape index (κ2) is 4.49. The Hall–Kier alpha value is -1.32. The van der Waals surface area contributed by atoms with Crippen LogP contribution in [-0.2, 0) is 9.59 Å². The van der Waals surface area contributed by atoms with Gasteiger partial charge in [-0.15, -0.1) is 0 Å². The van der Waals surface area contributed by atoms with Gasteiger partial charge in [0.05, 0.1) is 0 Å². The van der Waals surface area contributed by atoms with Crippen molar-refractivity contribution in [1.82, 2.24) is 4.90 Å². The highest BCUT2D eigenvalue weighted by molar-refractivity contribution is 5.93. The number of rotatable bonds is 3. The third-order valence-electron chi connectivity index (χ3n) is 1.22. The van der Waals surface area contributed by atoms with Crippen LogP contribution in [0, 0.1) is 0 Å². The fourth-order valence-corrected chi connectivity index (χ4v) is 0.426. The molecule has 0 aliphatic carbocycles. The first-order chi connectivity index (χ1) is 5.07. The smallest absolute Gasteiger partial charge is 0.328 e. The summed E-state index contributed by atoms with van der Waals surface area (Å²) in [6.45, 7) is 2.38. The molecule has 0 bridgehead atoms. The maximum Gasteiger partial charge on any atom is 0.328 e. The molecule has 0 unspecified atom stereocenters. The van der Waals surface area contributed by atoms with E-state index in [-0.39, 0.29) is 5.91 Å². The zero-order valence-electron chi connectivity index (χ0n) is 6.57. The lowest BCUT2D eigenvalue weighted by molar-refractivity contribution is -0.132. The first-order valence-electron chi connectivity index (χ1n) is 3.24. The molecule has 0 fully saturated rings. The number of nitrogens with zero attached hydrogens (tertiary/aromatic N) is 1. The number of hydrogen-bond acceptors (Lipinski definition) is 2. The molecule has 0 spiro atoms. The molecular weight excluding hydrogens is 146 g/mol. The summed E-state index contributed by atoms with van der Waals surface area (Å²) < 4.78 is 0. The monoisotopic (exact) mass is 157 g/mol. The quantitative estimate of drug-likeness (QED) is 0.591. The Bertz CT molecular complexity index is 186. The average molecular weight is 157 g/mol. The van der Waals surface area contributed by atoms with E-state index >= 15 is 0 Å². The van der Waals surface area contributed by atoms with Crippen molar-refractivity contribution in [3.8, 4) is 0 Å². The summed E-state index contributed by atoms with van der Waals surface area (Å²) in [6, 6.07) is 0. The summed E-state index contributed by atoms with van der Waals surface area (Å²) in [7, 11) is 1.61. The molecule has 0 rings (SSSR count). The van der Waals surface area contributed by atoms with E-state index < -0.39 is 5.97 Å². The minimum absolute atomic E-state index is 0.296. The van der Waals surface area contributed by atoms with Crippen molar-refractivity contribution < 1.29 is 14.7 Å². The molecule has 4 nitrogen and oxygen atoms in total. The largest absolute Gasteiger partial charge is 0.478 e. The van der Waals surface area contributed by atoms with Crippen molar-refractivity contribution in [3.63, 3.8) is 0 Å². The molecule has 0 aromatic heterocycles. The molecule has 4 heteroatoms. The Morgan fingerprint density at radius 1 is 1.45 bits per heavy atom. The highest BCUT2D eigenvalue weighted by Gasteiger charge is 2.00. The van der Waals surface area contributed by atoms with Gasteiger partial charge in [-0.3, -0.25) is 4.79 Å². The third-order valence-corrected chi connectivity index (χ3v) is 1.22.